The number of piperidine rings is 1. The fourth-order valence-corrected chi connectivity index (χ4v) is 3.71. The average Bonchev–Trinajstić information content (AvgIpc) is 2.69. The minimum absolute atomic E-state index is 0.0188. The number of benzene rings is 2. The van der Waals surface area contributed by atoms with E-state index < -0.39 is 6.04 Å². The van der Waals surface area contributed by atoms with Crippen LogP contribution in [0.25, 0.3) is 0 Å². The smallest absolute Gasteiger partial charge is 0.225 e. The maximum absolute atomic E-state index is 13.3. The summed E-state index contributed by atoms with van der Waals surface area (Å²) in [6, 6.07) is 11.9. The van der Waals surface area contributed by atoms with Crippen molar-refractivity contribution in [2.45, 2.75) is 31.7 Å². The van der Waals surface area contributed by atoms with E-state index in [2.05, 4.69) is 5.32 Å². The molecule has 6 heteroatoms. The third-order valence-electron chi connectivity index (χ3n) is 5.26. The lowest BCUT2D eigenvalue weighted by atomic mass is 9.84. The van der Waals surface area contributed by atoms with Crippen molar-refractivity contribution in [1.82, 2.24) is 10.2 Å². The molecule has 0 bridgehead atoms. The third kappa shape index (κ3) is 4.74. The summed E-state index contributed by atoms with van der Waals surface area (Å²) in [6.45, 7) is 0.501. The van der Waals surface area contributed by atoms with Crippen molar-refractivity contribution in [3.8, 4) is 0 Å². The molecular formula is C22H24F2N2O2. The number of halogens is 2. The van der Waals surface area contributed by atoms with E-state index in [1.807, 2.05) is 0 Å². The molecule has 0 unspecified atom stereocenters. The monoisotopic (exact) mass is 386 g/mol. The van der Waals surface area contributed by atoms with Gasteiger partial charge in [-0.05, 0) is 54.7 Å². The lowest BCUT2D eigenvalue weighted by molar-refractivity contribution is -0.141. The number of nitrogens with zero attached hydrogens (tertiary/aromatic N) is 1. The van der Waals surface area contributed by atoms with E-state index >= 15 is 0 Å². The second kappa shape index (κ2) is 8.95. The molecule has 1 N–H and O–H groups in total. The van der Waals surface area contributed by atoms with Gasteiger partial charge in [-0.1, -0.05) is 24.3 Å². The number of hydrogen-bond acceptors (Lipinski definition) is 2. The van der Waals surface area contributed by atoms with Crippen LogP contribution in [0.15, 0.2) is 48.5 Å². The predicted molar refractivity (Wildman–Crippen MR) is 102 cm³/mol. The second-order valence-electron chi connectivity index (χ2n) is 7.17. The molecule has 0 spiro atoms. The molecule has 4 nitrogen and oxygen atoms in total. The van der Waals surface area contributed by atoms with E-state index in [4.69, 9.17) is 0 Å². The van der Waals surface area contributed by atoms with E-state index in [1.165, 1.54) is 24.3 Å². The summed E-state index contributed by atoms with van der Waals surface area (Å²) in [5.74, 6) is -1.11. The summed E-state index contributed by atoms with van der Waals surface area (Å²) in [5, 5.41) is 2.96. The maximum atomic E-state index is 13.3. The van der Waals surface area contributed by atoms with Gasteiger partial charge in [0.2, 0.25) is 11.8 Å². The predicted octanol–water partition coefficient (Wildman–Crippen LogP) is 3.62. The molecule has 1 heterocycles. The molecular weight excluding hydrogens is 362 g/mol. The summed E-state index contributed by atoms with van der Waals surface area (Å²) >= 11 is 0. The molecule has 2 aromatic carbocycles. The van der Waals surface area contributed by atoms with Crippen LogP contribution in [0.2, 0.25) is 0 Å². The van der Waals surface area contributed by atoms with Gasteiger partial charge in [0.05, 0.1) is 12.0 Å². The first kappa shape index (κ1) is 20.0. The van der Waals surface area contributed by atoms with Crippen LogP contribution in [0.3, 0.4) is 0 Å². The number of hydrogen-bond donors (Lipinski definition) is 1. The molecule has 2 amide bonds. The minimum atomic E-state index is -0.404. The fourth-order valence-electron chi connectivity index (χ4n) is 3.71. The third-order valence-corrected chi connectivity index (χ3v) is 5.26. The van der Waals surface area contributed by atoms with Crippen molar-refractivity contribution in [1.29, 1.82) is 0 Å². The standard InChI is InChI=1S/C22H24F2N2O2/c1-26-20(27)13-12-19(21(26)16-6-10-18(24)11-7-16)22(28)25-14-2-3-15-4-8-17(23)9-5-15/h4-11,19,21H,2-3,12-14H2,1H3,(H,25,28)/t19-,21-/m0/s1. The van der Waals surface area contributed by atoms with Gasteiger partial charge in [-0.15, -0.1) is 0 Å². The van der Waals surface area contributed by atoms with Gasteiger partial charge < -0.3 is 10.2 Å². The molecule has 2 atom stereocenters. The number of likely N-dealkylation sites (tertiary alicyclic amines) is 1. The van der Waals surface area contributed by atoms with Gasteiger partial charge in [-0.3, -0.25) is 9.59 Å². The Hall–Kier alpha value is -2.76. The highest BCUT2D eigenvalue weighted by Crippen LogP contribution is 2.35. The van der Waals surface area contributed by atoms with Crippen molar-refractivity contribution < 1.29 is 18.4 Å². The van der Waals surface area contributed by atoms with E-state index in [-0.39, 0.29) is 29.4 Å². The Morgan fingerprint density at radius 2 is 1.68 bits per heavy atom. The molecule has 1 aliphatic rings. The lowest BCUT2D eigenvalue weighted by Crippen LogP contribution is -2.46. The van der Waals surface area contributed by atoms with Crippen molar-refractivity contribution in [3.05, 3.63) is 71.3 Å². The molecule has 148 valence electrons. The molecule has 0 saturated carbocycles. The first-order chi connectivity index (χ1) is 13.5. The highest BCUT2D eigenvalue weighted by molar-refractivity contribution is 5.84. The Morgan fingerprint density at radius 3 is 2.32 bits per heavy atom. The van der Waals surface area contributed by atoms with Crippen molar-refractivity contribution in [3.63, 3.8) is 0 Å². The molecule has 3 rings (SSSR count). The normalized spacial score (nSPS) is 19.5. The summed E-state index contributed by atoms with van der Waals surface area (Å²) in [5.41, 5.74) is 1.77. The molecule has 1 aliphatic heterocycles. The second-order valence-corrected chi connectivity index (χ2v) is 7.17. The largest absolute Gasteiger partial charge is 0.356 e. The number of amides is 2. The van der Waals surface area contributed by atoms with Crippen LogP contribution < -0.4 is 5.32 Å². The van der Waals surface area contributed by atoms with Gasteiger partial charge in [0, 0.05) is 20.0 Å². The highest BCUT2D eigenvalue weighted by Gasteiger charge is 2.38. The summed E-state index contributed by atoms with van der Waals surface area (Å²) < 4.78 is 26.2. The summed E-state index contributed by atoms with van der Waals surface area (Å²) in [7, 11) is 1.68. The quantitative estimate of drug-likeness (QED) is 0.771. The van der Waals surface area contributed by atoms with Crippen molar-refractivity contribution >= 4 is 11.8 Å². The van der Waals surface area contributed by atoms with Crippen LogP contribution in [-0.2, 0) is 16.0 Å². The highest BCUT2D eigenvalue weighted by atomic mass is 19.1. The van der Waals surface area contributed by atoms with Crippen LogP contribution in [0, 0.1) is 17.6 Å². The van der Waals surface area contributed by atoms with E-state index in [0.717, 1.165) is 24.0 Å². The van der Waals surface area contributed by atoms with Gasteiger partial charge in [0.15, 0.2) is 0 Å². The van der Waals surface area contributed by atoms with Gasteiger partial charge >= 0.3 is 0 Å². The van der Waals surface area contributed by atoms with Gasteiger partial charge in [0.25, 0.3) is 0 Å². The van der Waals surface area contributed by atoms with Crippen LogP contribution in [0.4, 0.5) is 8.78 Å². The number of rotatable bonds is 6. The zero-order valence-electron chi connectivity index (χ0n) is 15.8. The Morgan fingerprint density at radius 1 is 1.07 bits per heavy atom. The molecule has 0 aromatic heterocycles. The van der Waals surface area contributed by atoms with Crippen LogP contribution in [0.5, 0.6) is 0 Å². The maximum Gasteiger partial charge on any atom is 0.225 e. The Bertz CT molecular complexity index is 821. The number of carbonyl (C=O) groups is 2. The minimum Gasteiger partial charge on any atom is -0.356 e. The molecule has 2 aromatic rings. The number of carbonyl (C=O) groups excluding carboxylic acids is 2. The topological polar surface area (TPSA) is 49.4 Å². The van der Waals surface area contributed by atoms with Crippen LogP contribution >= 0.6 is 0 Å². The average molecular weight is 386 g/mol. The van der Waals surface area contributed by atoms with Crippen molar-refractivity contribution in [2.75, 3.05) is 13.6 Å². The van der Waals surface area contributed by atoms with Crippen LogP contribution in [-0.4, -0.2) is 30.3 Å². The van der Waals surface area contributed by atoms with E-state index in [0.29, 0.717) is 19.4 Å². The SMILES string of the molecule is CN1C(=O)CC[C@H](C(=O)NCCCc2ccc(F)cc2)[C@@H]1c1ccc(F)cc1. The Balaban J connectivity index is 1.60. The Kier molecular flexibility index (Phi) is 6.39. The van der Waals surface area contributed by atoms with Crippen LogP contribution in [0.1, 0.15) is 36.4 Å². The first-order valence-corrected chi connectivity index (χ1v) is 9.49. The molecule has 0 aliphatic carbocycles. The number of nitrogens with one attached hydrogen (secondary N) is 1. The Labute approximate surface area is 163 Å². The molecule has 0 radical (unpaired) electrons. The van der Waals surface area contributed by atoms with Gasteiger partial charge in [0.1, 0.15) is 11.6 Å². The molecule has 1 fully saturated rings. The van der Waals surface area contributed by atoms with Crippen molar-refractivity contribution in [2.24, 2.45) is 5.92 Å². The first-order valence-electron chi connectivity index (χ1n) is 9.49. The fraction of sp³-hybridized carbons (Fsp3) is 0.364. The molecule has 1 saturated heterocycles. The molecule has 28 heavy (non-hydrogen) atoms. The van der Waals surface area contributed by atoms with E-state index in [1.54, 1.807) is 36.2 Å². The van der Waals surface area contributed by atoms with E-state index in [9.17, 15) is 18.4 Å². The summed E-state index contributed by atoms with van der Waals surface area (Å²) in [4.78, 5) is 26.5. The van der Waals surface area contributed by atoms with Gasteiger partial charge in [-0.2, -0.15) is 0 Å². The zero-order chi connectivity index (χ0) is 20.1. The van der Waals surface area contributed by atoms with Gasteiger partial charge in [-0.25, -0.2) is 8.78 Å². The number of aryl methyl sites for hydroxylation is 1. The lowest BCUT2D eigenvalue weighted by Gasteiger charge is -2.38. The summed E-state index contributed by atoms with van der Waals surface area (Å²) in [6.07, 6.45) is 2.27. The zero-order valence-corrected chi connectivity index (χ0v) is 15.8.